The molecule has 178 valence electrons. The van der Waals surface area contributed by atoms with Gasteiger partial charge in [-0.1, -0.05) is 54.6 Å². The number of nitrogens with one attached hydrogen (secondary N) is 1. The number of rotatable bonds is 12. The van der Waals surface area contributed by atoms with Gasteiger partial charge in [0.25, 0.3) is 0 Å². The number of aliphatic carboxylic acids is 1. The van der Waals surface area contributed by atoms with Crippen molar-refractivity contribution in [3.8, 4) is 11.8 Å². The first kappa shape index (κ1) is 25.2. The van der Waals surface area contributed by atoms with E-state index >= 15 is 0 Å². The molecule has 0 heterocycles. The third-order valence-corrected chi connectivity index (χ3v) is 5.77. The van der Waals surface area contributed by atoms with E-state index in [1.54, 1.807) is 18.2 Å². The molecule has 0 fully saturated rings. The lowest BCUT2D eigenvalue weighted by Crippen LogP contribution is -2.46. The zero-order valence-corrected chi connectivity index (χ0v) is 19.8. The van der Waals surface area contributed by atoms with Gasteiger partial charge in [0.1, 0.15) is 24.5 Å². The van der Waals surface area contributed by atoms with Crippen molar-refractivity contribution in [2.75, 3.05) is 13.2 Å². The molecule has 0 saturated heterocycles. The number of nitriles is 1. The number of β-amino-alcohol motifs (C(OH)–C–C–N with tert-alkyl or cyclic N) is 1. The van der Waals surface area contributed by atoms with Gasteiger partial charge in [0.05, 0.1) is 5.56 Å². The van der Waals surface area contributed by atoms with E-state index in [0.717, 1.165) is 12.0 Å². The Kier molecular flexibility index (Phi) is 8.64. The van der Waals surface area contributed by atoms with Crippen molar-refractivity contribution in [2.24, 2.45) is 0 Å². The molecule has 0 saturated carbocycles. The number of hydrogen-bond donors (Lipinski definition) is 3. The standard InChI is InChI=1S/C28H32N2O4/c1-28(2,16-20-13-14-21-7-3-4-8-23(21)15-20)30-18-24(31)19-34-26-11-5-9-22(25(26)17-29)10-6-12-27(32)33/h3-5,7-9,11,13-15,24,30-31H,6,10,12,16,18-19H2,1-2H3,(H,32,33)/t24-/m0/s1. The predicted octanol–water partition coefficient (Wildman–Crippen LogP) is 4.47. The van der Waals surface area contributed by atoms with Crippen LogP contribution in [-0.2, 0) is 17.6 Å². The summed E-state index contributed by atoms with van der Waals surface area (Å²) in [5.74, 6) is -0.449. The first-order valence-electron chi connectivity index (χ1n) is 11.5. The summed E-state index contributed by atoms with van der Waals surface area (Å²) in [5, 5.41) is 34.7. The van der Waals surface area contributed by atoms with Crippen LogP contribution in [0, 0.1) is 11.3 Å². The molecule has 0 radical (unpaired) electrons. The number of carboxylic acid groups (broad SMARTS) is 1. The summed E-state index contributed by atoms with van der Waals surface area (Å²) in [4.78, 5) is 10.8. The maximum absolute atomic E-state index is 10.8. The topological polar surface area (TPSA) is 103 Å². The minimum Gasteiger partial charge on any atom is -0.489 e. The molecule has 6 heteroatoms. The van der Waals surface area contributed by atoms with Gasteiger partial charge in [-0.25, -0.2) is 0 Å². The molecule has 0 aliphatic carbocycles. The maximum Gasteiger partial charge on any atom is 0.303 e. The summed E-state index contributed by atoms with van der Waals surface area (Å²) in [6.45, 7) is 4.60. The van der Waals surface area contributed by atoms with Crippen LogP contribution in [0.5, 0.6) is 5.75 Å². The molecule has 3 aromatic carbocycles. The fraction of sp³-hybridized carbons (Fsp3) is 0.357. The number of ether oxygens (including phenoxy) is 1. The molecule has 3 N–H and O–H groups in total. The Labute approximate surface area is 200 Å². The van der Waals surface area contributed by atoms with Crippen LogP contribution in [0.4, 0.5) is 0 Å². The molecular formula is C28H32N2O4. The number of hydrogen-bond acceptors (Lipinski definition) is 5. The Bertz CT molecular complexity index is 1170. The van der Waals surface area contributed by atoms with Gasteiger partial charge in [0.2, 0.25) is 0 Å². The van der Waals surface area contributed by atoms with Crippen molar-refractivity contribution >= 4 is 16.7 Å². The van der Waals surface area contributed by atoms with Crippen LogP contribution in [0.15, 0.2) is 60.7 Å². The van der Waals surface area contributed by atoms with Crippen molar-refractivity contribution in [3.63, 3.8) is 0 Å². The fourth-order valence-electron chi connectivity index (χ4n) is 4.02. The quantitative estimate of drug-likeness (QED) is 0.369. The van der Waals surface area contributed by atoms with Gasteiger partial charge in [0.15, 0.2) is 0 Å². The van der Waals surface area contributed by atoms with Gasteiger partial charge in [-0.2, -0.15) is 5.26 Å². The number of carboxylic acids is 1. The highest BCUT2D eigenvalue weighted by Crippen LogP contribution is 2.24. The lowest BCUT2D eigenvalue weighted by atomic mass is 9.93. The zero-order chi connectivity index (χ0) is 24.6. The minimum absolute atomic E-state index is 0.0479. The second kappa shape index (κ2) is 11.6. The van der Waals surface area contributed by atoms with Crippen LogP contribution in [0.1, 0.15) is 43.4 Å². The van der Waals surface area contributed by atoms with Crippen molar-refractivity contribution < 1.29 is 19.7 Å². The molecule has 0 aliphatic heterocycles. The summed E-state index contributed by atoms with van der Waals surface area (Å²) in [6, 6.07) is 22.2. The number of benzene rings is 3. The van der Waals surface area contributed by atoms with Gasteiger partial charge in [-0.05, 0) is 61.1 Å². The van der Waals surface area contributed by atoms with Gasteiger partial charge in [-0.15, -0.1) is 0 Å². The SMILES string of the molecule is CC(C)(Cc1ccc2ccccc2c1)NC[C@H](O)COc1cccc(CCCC(=O)O)c1C#N. The molecule has 0 aromatic heterocycles. The summed E-state index contributed by atoms with van der Waals surface area (Å²) in [7, 11) is 0. The Morgan fingerprint density at radius 2 is 1.88 bits per heavy atom. The van der Waals surface area contributed by atoms with E-state index in [0.29, 0.717) is 30.7 Å². The Morgan fingerprint density at radius 3 is 2.62 bits per heavy atom. The summed E-state index contributed by atoms with van der Waals surface area (Å²) in [5.41, 5.74) is 2.14. The number of aryl methyl sites for hydroxylation is 1. The Hall–Kier alpha value is -3.40. The van der Waals surface area contributed by atoms with Crippen LogP contribution in [0.3, 0.4) is 0 Å². The number of carbonyl (C=O) groups is 1. The normalized spacial score (nSPS) is 12.3. The van der Waals surface area contributed by atoms with Crippen LogP contribution in [-0.4, -0.2) is 41.0 Å². The molecular weight excluding hydrogens is 428 g/mol. The van der Waals surface area contributed by atoms with E-state index in [4.69, 9.17) is 9.84 Å². The zero-order valence-electron chi connectivity index (χ0n) is 19.8. The van der Waals surface area contributed by atoms with E-state index < -0.39 is 12.1 Å². The Morgan fingerprint density at radius 1 is 1.12 bits per heavy atom. The van der Waals surface area contributed by atoms with Crippen LogP contribution < -0.4 is 10.1 Å². The number of nitrogens with zero attached hydrogens (tertiary/aromatic N) is 1. The van der Waals surface area contributed by atoms with Gasteiger partial charge < -0.3 is 20.3 Å². The second-order valence-electron chi connectivity index (χ2n) is 9.24. The minimum atomic E-state index is -0.856. The molecule has 0 amide bonds. The first-order chi connectivity index (χ1) is 16.3. The van der Waals surface area contributed by atoms with E-state index in [1.165, 1.54) is 16.3 Å². The molecule has 3 aromatic rings. The Balaban J connectivity index is 1.52. The average molecular weight is 461 g/mol. The highest BCUT2D eigenvalue weighted by atomic mass is 16.5. The molecule has 34 heavy (non-hydrogen) atoms. The van der Waals surface area contributed by atoms with E-state index in [-0.39, 0.29) is 18.6 Å². The lowest BCUT2D eigenvalue weighted by Gasteiger charge is -2.28. The molecule has 0 spiro atoms. The van der Waals surface area contributed by atoms with E-state index in [9.17, 15) is 15.2 Å². The monoisotopic (exact) mass is 460 g/mol. The summed E-state index contributed by atoms with van der Waals surface area (Å²) < 4.78 is 5.76. The van der Waals surface area contributed by atoms with Crippen LogP contribution in [0.25, 0.3) is 10.8 Å². The molecule has 6 nitrogen and oxygen atoms in total. The number of aliphatic hydroxyl groups is 1. The van der Waals surface area contributed by atoms with Gasteiger partial charge in [-0.3, -0.25) is 4.79 Å². The first-order valence-corrected chi connectivity index (χ1v) is 11.5. The van der Waals surface area contributed by atoms with E-state index in [1.807, 2.05) is 12.1 Å². The third-order valence-electron chi connectivity index (χ3n) is 5.77. The number of fused-ring (bicyclic) bond motifs is 1. The lowest BCUT2D eigenvalue weighted by molar-refractivity contribution is -0.137. The summed E-state index contributed by atoms with van der Waals surface area (Å²) in [6.07, 6.45) is 1.04. The molecule has 1 atom stereocenters. The predicted molar refractivity (Wildman–Crippen MR) is 133 cm³/mol. The average Bonchev–Trinajstić information content (AvgIpc) is 2.81. The van der Waals surface area contributed by atoms with Gasteiger partial charge in [0, 0.05) is 18.5 Å². The third kappa shape index (κ3) is 7.31. The molecule has 3 rings (SSSR count). The molecule has 0 aliphatic rings. The van der Waals surface area contributed by atoms with Crippen molar-refractivity contribution in [2.45, 2.75) is 51.2 Å². The molecule has 0 bridgehead atoms. The van der Waals surface area contributed by atoms with Crippen molar-refractivity contribution in [1.82, 2.24) is 5.32 Å². The van der Waals surface area contributed by atoms with Gasteiger partial charge >= 0.3 is 5.97 Å². The number of aliphatic hydroxyl groups excluding tert-OH is 1. The highest BCUT2D eigenvalue weighted by molar-refractivity contribution is 5.83. The van der Waals surface area contributed by atoms with E-state index in [2.05, 4.69) is 55.6 Å². The smallest absolute Gasteiger partial charge is 0.303 e. The maximum atomic E-state index is 10.8. The molecule has 0 unspecified atom stereocenters. The second-order valence-corrected chi connectivity index (χ2v) is 9.24. The van der Waals surface area contributed by atoms with Crippen molar-refractivity contribution in [1.29, 1.82) is 5.26 Å². The summed E-state index contributed by atoms with van der Waals surface area (Å²) >= 11 is 0. The van der Waals surface area contributed by atoms with Crippen LogP contribution in [0.2, 0.25) is 0 Å². The highest BCUT2D eigenvalue weighted by Gasteiger charge is 2.20. The fourth-order valence-corrected chi connectivity index (χ4v) is 4.02. The van der Waals surface area contributed by atoms with Crippen molar-refractivity contribution in [3.05, 3.63) is 77.4 Å². The largest absolute Gasteiger partial charge is 0.489 e. The van der Waals surface area contributed by atoms with Crippen LogP contribution >= 0.6 is 0 Å².